The van der Waals surface area contributed by atoms with Crippen LogP contribution in [0.2, 0.25) is 0 Å². The molecule has 23 heavy (non-hydrogen) atoms. The predicted octanol–water partition coefficient (Wildman–Crippen LogP) is 2.07. The molecule has 3 rings (SSSR count). The van der Waals surface area contributed by atoms with Gasteiger partial charge >= 0.3 is 5.97 Å². The fourth-order valence-electron chi connectivity index (χ4n) is 4.03. The Kier molecular flexibility index (Phi) is 4.43. The van der Waals surface area contributed by atoms with Gasteiger partial charge in [-0.2, -0.15) is 0 Å². The number of furan rings is 1. The lowest BCUT2D eigenvalue weighted by Gasteiger charge is -2.39. The molecule has 2 aliphatic heterocycles. The molecule has 2 fully saturated rings. The summed E-state index contributed by atoms with van der Waals surface area (Å²) in [5, 5.41) is 9.47. The van der Waals surface area contributed by atoms with E-state index >= 15 is 0 Å². The van der Waals surface area contributed by atoms with Crippen LogP contribution in [-0.4, -0.2) is 59.0 Å². The van der Waals surface area contributed by atoms with Gasteiger partial charge in [-0.3, -0.25) is 14.5 Å². The van der Waals surface area contributed by atoms with Crippen LogP contribution in [0.15, 0.2) is 23.0 Å². The third-order valence-electron chi connectivity index (χ3n) is 5.28. The topological polar surface area (TPSA) is 74.0 Å². The van der Waals surface area contributed by atoms with Crippen molar-refractivity contribution in [1.82, 2.24) is 9.80 Å². The van der Waals surface area contributed by atoms with Crippen LogP contribution in [0.1, 0.15) is 43.0 Å². The van der Waals surface area contributed by atoms with Gasteiger partial charge in [0.25, 0.3) is 5.91 Å². The van der Waals surface area contributed by atoms with Gasteiger partial charge in [0.2, 0.25) is 0 Å². The lowest BCUT2D eigenvalue weighted by molar-refractivity contribution is -0.142. The van der Waals surface area contributed by atoms with E-state index < -0.39 is 5.97 Å². The standard InChI is InChI=1S/C17H24N2O4/c1-2-6-19-12-17(10-14(19)16(21)22)4-7-18(8-5-17)15(20)13-3-9-23-11-13/h3,9,11,14H,2,4-8,10,12H2,1H3,(H,21,22)/t14-/m1/s1. The van der Waals surface area contributed by atoms with Crippen molar-refractivity contribution in [1.29, 1.82) is 0 Å². The van der Waals surface area contributed by atoms with Gasteiger partial charge in [-0.15, -0.1) is 0 Å². The highest BCUT2D eigenvalue weighted by molar-refractivity contribution is 5.93. The van der Waals surface area contributed by atoms with Crippen LogP contribution in [0.4, 0.5) is 0 Å². The van der Waals surface area contributed by atoms with E-state index in [9.17, 15) is 14.7 Å². The van der Waals surface area contributed by atoms with Crippen molar-refractivity contribution in [2.45, 2.75) is 38.6 Å². The molecule has 6 nitrogen and oxygen atoms in total. The normalized spacial score (nSPS) is 24.2. The number of carboxylic acid groups (broad SMARTS) is 1. The minimum Gasteiger partial charge on any atom is -0.480 e. The number of amides is 1. The van der Waals surface area contributed by atoms with Crippen LogP contribution in [-0.2, 0) is 4.79 Å². The SMILES string of the molecule is CCCN1CC2(CCN(C(=O)c3ccoc3)CC2)C[C@@H]1C(=O)O. The Morgan fingerprint density at radius 3 is 2.70 bits per heavy atom. The monoisotopic (exact) mass is 320 g/mol. The van der Waals surface area contributed by atoms with Crippen molar-refractivity contribution in [3.05, 3.63) is 24.2 Å². The second kappa shape index (κ2) is 6.35. The predicted molar refractivity (Wildman–Crippen MR) is 84.2 cm³/mol. The van der Waals surface area contributed by atoms with Crippen LogP contribution in [0.25, 0.3) is 0 Å². The van der Waals surface area contributed by atoms with E-state index in [2.05, 4.69) is 11.8 Å². The number of hydrogen-bond acceptors (Lipinski definition) is 4. The fraction of sp³-hybridized carbons (Fsp3) is 0.647. The highest BCUT2D eigenvalue weighted by Gasteiger charge is 2.48. The maximum absolute atomic E-state index is 12.4. The average molecular weight is 320 g/mol. The Morgan fingerprint density at radius 1 is 1.39 bits per heavy atom. The molecule has 6 heteroatoms. The third kappa shape index (κ3) is 3.13. The Balaban J connectivity index is 1.64. The zero-order valence-corrected chi connectivity index (χ0v) is 13.5. The van der Waals surface area contributed by atoms with Crippen molar-refractivity contribution in [2.75, 3.05) is 26.2 Å². The molecule has 2 saturated heterocycles. The molecular weight excluding hydrogens is 296 g/mol. The number of likely N-dealkylation sites (tertiary alicyclic amines) is 2. The number of carbonyl (C=O) groups excluding carboxylic acids is 1. The van der Waals surface area contributed by atoms with Crippen molar-refractivity contribution in [3.8, 4) is 0 Å². The zero-order chi connectivity index (χ0) is 16.4. The van der Waals surface area contributed by atoms with Gasteiger partial charge in [0, 0.05) is 19.6 Å². The number of carboxylic acids is 1. The first kappa shape index (κ1) is 16.1. The number of carbonyl (C=O) groups is 2. The molecule has 3 heterocycles. The van der Waals surface area contributed by atoms with Crippen LogP contribution >= 0.6 is 0 Å². The van der Waals surface area contributed by atoms with Gasteiger partial charge in [0.05, 0.1) is 11.8 Å². The van der Waals surface area contributed by atoms with Gasteiger partial charge in [-0.25, -0.2) is 0 Å². The van der Waals surface area contributed by atoms with Crippen molar-refractivity contribution < 1.29 is 19.1 Å². The molecular formula is C17H24N2O4. The summed E-state index contributed by atoms with van der Waals surface area (Å²) in [6, 6.07) is 1.32. The van der Waals surface area contributed by atoms with Crippen LogP contribution in [0, 0.1) is 5.41 Å². The Labute approximate surface area is 136 Å². The molecule has 1 spiro atoms. The van der Waals surface area contributed by atoms with Gasteiger partial charge in [0.1, 0.15) is 12.3 Å². The second-order valence-corrected chi connectivity index (χ2v) is 6.83. The molecule has 1 atom stereocenters. The average Bonchev–Trinajstić information content (AvgIpc) is 3.17. The number of hydrogen-bond donors (Lipinski definition) is 1. The number of piperidine rings is 1. The summed E-state index contributed by atoms with van der Waals surface area (Å²) >= 11 is 0. The number of rotatable bonds is 4. The molecule has 0 bridgehead atoms. The number of aliphatic carboxylic acids is 1. The van der Waals surface area contributed by atoms with Crippen molar-refractivity contribution in [2.24, 2.45) is 5.41 Å². The molecule has 1 amide bonds. The van der Waals surface area contributed by atoms with E-state index in [4.69, 9.17) is 4.42 Å². The van der Waals surface area contributed by atoms with E-state index in [0.717, 1.165) is 32.4 Å². The summed E-state index contributed by atoms with van der Waals surface area (Å²) in [5.74, 6) is -0.709. The van der Waals surface area contributed by atoms with Crippen molar-refractivity contribution >= 4 is 11.9 Å². The second-order valence-electron chi connectivity index (χ2n) is 6.83. The number of nitrogens with zero attached hydrogens (tertiary/aromatic N) is 2. The zero-order valence-electron chi connectivity index (χ0n) is 13.5. The Bertz CT molecular complexity index is 561. The molecule has 0 unspecified atom stereocenters. The lowest BCUT2D eigenvalue weighted by Crippen LogP contribution is -2.44. The molecule has 0 aliphatic carbocycles. The van der Waals surface area contributed by atoms with Crippen molar-refractivity contribution in [3.63, 3.8) is 0 Å². The summed E-state index contributed by atoms with van der Waals surface area (Å²) in [7, 11) is 0. The van der Waals surface area contributed by atoms with Gasteiger partial charge in [-0.05, 0) is 43.7 Å². The van der Waals surface area contributed by atoms with E-state index in [-0.39, 0.29) is 17.4 Å². The highest BCUT2D eigenvalue weighted by atomic mass is 16.4. The molecule has 0 radical (unpaired) electrons. The maximum Gasteiger partial charge on any atom is 0.320 e. The first-order chi connectivity index (χ1) is 11.0. The molecule has 1 aromatic heterocycles. The van der Waals surface area contributed by atoms with Gasteiger partial charge in [0.15, 0.2) is 0 Å². The first-order valence-electron chi connectivity index (χ1n) is 8.33. The van der Waals surface area contributed by atoms with E-state index in [1.54, 1.807) is 6.07 Å². The lowest BCUT2D eigenvalue weighted by atomic mass is 9.76. The Morgan fingerprint density at radius 2 is 2.13 bits per heavy atom. The van der Waals surface area contributed by atoms with Gasteiger partial charge < -0.3 is 14.4 Å². The molecule has 0 saturated carbocycles. The summed E-state index contributed by atoms with van der Waals surface area (Å²) in [4.78, 5) is 27.9. The first-order valence-corrected chi connectivity index (χ1v) is 8.33. The van der Waals surface area contributed by atoms with Crippen LogP contribution in [0.5, 0.6) is 0 Å². The molecule has 1 aromatic rings. The van der Waals surface area contributed by atoms with E-state index in [1.165, 1.54) is 12.5 Å². The summed E-state index contributed by atoms with van der Waals surface area (Å²) in [5.41, 5.74) is 0.634. The molecule has 1 N–H and O–H groups in total. The van der Waals surface area contributed by atoms with Crippen LogP contribution < -0.4 is 0 Å². The fourth-order valence-corrected chi connectivity index (χ4v) is 4.03. The van der Waals surface area contributed by atoms with Crippen LogP contribution in [0.3, 0.4) is 0 Å². The molecule has 2 aliphatic rings. The van der Waals surface area contributed by atoms with E-state index in [0.29, 0.717) is 25.1 Å². The summed E-state index contributed by atoms with van der Waals surface area (Å²) in [6.45, 7) is 5.13. The Hall–Kier alpha value is -1.82. The van der Waals surface area contributed by atoms with Gasteiger partial charge in [-0.1, -0.05) is 6.92 Å². The minimum atomic E-state index is -0.716. The summed E-state index contributed by atoms with van der Waals surface area (Å²) < 4.78 is 4.98. The molecule has 126 valence electrons. The quantitative estimate of drug-likeness (QED) is 0.919. The smallest absolute Gasteiger partial charge is 0.320 e. The largest absolute Gasteiger partial charge is 0.480 e. The van der Waals surface area contributed by atoms with E-state index in [1.807, 2.05) is 4.90 Å². The highest BCUT2D eigenvalue weighted by Crippen LogP contribution is 2.43. The molecule has 0 aromatic carbocycles. The minimum absolute atomic E-state index is 0.00629. The third-order valence-corrected chi connectivity index (χ3v) is 5.28. The summed E-state index contributed by atoms with van der Waals surface area (Å²) in [6.07, 6.45) is 6.41. The maximum atomic E-state index is 12.4.